The molecule has 1 heterocycles. The average molecular weight is 324 g/mol. The van der Waals surface area contributed by atoms with E-state index in [2.05, 4.69) is 10.3 Å². The first-order valence-corrected chi connectivity index (χ1v) is 9.20. The second-order valence-electron chi connectivity index (χ2n) is 5.53. The number of hydrogen-bond acceptors (Lipinski definition) is 4. The number of fused-ring (bicyclic) bond motifs is 1. The van der Waals surface area contributed by atoms with Gasteiger partial charge in [0.05, 0.1) is 10.7 Å². The minimum atomic E-state index is 0.537. The van der Waals surface area contributed by atoms with Crippen molar-refractivity contribution in [3.05, 3.63) is 15.6 Å². The Hall–Kier alpha value is -1.14. The second kappa shape index (κ2) is 9.79. The number of aryl methyl sites for hydroxylation is 3. The predicted octanol–water partition coefficient (Wildman–Crippen LogP) is 2.29. The topological polar surface area (TPSA) is 72.5 Å². The largest absolute Gasteiger partial charge is 0.382 e. The lowest BCUT2D eigenvalue weighted by atomic mass is 10.0. The molecule has 0 saturated heterocycles. The normalized spacial score (nSPS) is 14.9. The summed E-state index contributed by atoms with van der Waals surface area (Å²) in [5.74, 6) is 0.537. The highest BCUT2D eigenvalue weighted by Gasteiger charge is 2.14. The molecule has 5 nitrogen and oxygen atoms in total. The van der Waals surface area contributed by atoms with E-state index in [9.17, 15) is 0 Å². The van der Waals surface area contributed by atoms with Crippen LogP contribution in [0, 0.1) is 0 Å². The zero-order valence-corrected chi connectivity index (χ0v) is 14.4. The monoisotopic (exact) mass is 324 g/mol. The minimum Gasteiger partial charge on any atom is -0.382 e. The van der Waals surface area contributed by atoms with Crippen molar-refractivity contribution in [1.29, 1.82) is 0 Å². The summed E-state index contributed by atoms with van der Waals surface area (Å²) in [5, 5.41) is 4.38. The van der Waals surface area contributed by atoms with Crippen molar-refractivity contribution in [1.82, 2.24) is 10.3 Å². The number of aromatic nitrogens is 1. The van der Waals surface area contributed by atoms with Crippen molar-refractivity contribution < 1.29 is 4.74 Å². The number of thiazole rings is 1. The third-order valence-corrected chi connectivity index (χ3v) is 4.91. The molecule has 0 atom stereocenters. The lowest BCUT2D eigenvalue weighted by Gasteiger charge is -2.06. The van der Waals surface area contributed by atoms with E-state index in [1.54, 1.807) is 0 Å². The molecule has 0 bridgehead atoms. The van der Waals surface area contributed by atoms with Crippen LogP contribution in [0.4, 0.5) is 0 Å². The van der Waals surface area contributed by atoms with E-state index in [4.69, 9.17) is 15.5 Å². The molecule has 0 aromatic carbocycles. The maximum atomic E-state index is 5.83. The SMILES string of the molecule is CCOCCCNC(N)=NCCCc1nc2c(s1)CCCC2. The van der Waals surface area contributed by atoms with Crippen molar-refractivity contribution in [3.63, 3.8) is 0 Å². The van der Waals surface area contributed by atoms with Crippen LogP contribution in [-0.2, 0) is 24.0 Å². The van der Waals surface area contributed by atoms with Gasteiger partial charge in [0.15, 0.2) is 5.96 Å². The van der Waals surface area contributed by atoms with Gasteiger partial charge in [-0.05, 0) is 45.4 Å². The van der Waals surface area contributed by atoms with E-state index in [0.29, 0.717) is 5.96 Å². The highest BCUT2D eigenvalue weighted by Crippen LogP contribution is 2.27. The van der Waals surface area contributed by atoms with Gasteiger partial charge >= 0.3 is 0 Å². The summed E-state index contributed by atoms with van der Waals surface area (Å²) in [6.07, 6.45) is 7.99. The summed E-state index contributed by atoms with van der Waals surface area (Å²) in [7, 11) is 0. The fourth-order valence-corrected chi connectivity index (χ4v) is 3.73. The van der Waals surface area contributed by atoms with E-state index in [-0.39, 0.29) is 0 Å². The number of rotatable bonds is 9. The molecule has 0 radical (unpaired) electrons. The summed E-state index contributed by atoms with van der Waals surface area (Å²) < 4.78 is 5.27. The van der Waals surface area contributed by atoms with Gasteiger partial charge in [-0.2, -0.15) is 0 Å². The van der Waals surface area contributed by atoms with Crippen LogP contribution in [0.3, 0.4) is 0 Å². The van der Waals surface area contributed by atoms with Gasteiger partial charge in [0, 0.05) is 37.6 Å². The third kappa shape index (κ3) is 5.93. The molecule has 2 rings (SSSR count). The Labute approximate surface area is 137 Å². The van der Waals surface area contributed by atoms with Crippen molar-refractivity contribution in [3.8, 4) is 0 Å². The molecule has 1 aromatic rings. The van der Waals surface area contributed by atoms with Crippen LogP contribution < -0.4 is 11.1 Å². The summed E-state index contributed by atoms with van der Waals surface area (Å²) in [4.78, 5) is 10.6. The molecule has 0 unspecified atom stereocenters. The van der Waals surface area contributed by atoms with Gasteiger partial charge in [0.25, 0.3) is 0 Å². The number of hydrogen-bond donors (Lipinski definition) is 2. The quantitative estimate of drug-likeness (QED) is 0.415. The molecule has 6 heteroatoms. The first kappa shape index (κ1) is 17.2. The number of nitrogens with zero attached hydrogens (tertiary/aromatic N) is 2. The molecule has 0 fully saturated rings. The number of aliphatic imine (C=N–C) groups is 1. The zero-order chi connectivity index (χ0) is 15.6. The molecule has 0 spiro atoms. The molecule has 3 N–H and O–H groups in total. The van der Waals surface area contributed by atoms with Crippen LogP contribution in [0.25, 0.3) is 0 Å². The highest BCUT2D eigenvalue weighted by molar-refractivity contribution is 7.11. The molecule has 124 valence electrons. The predicted molar refractivity (Wildman–Crippen MR) is 92.7 cm³/mol. The molecule has 1 aromatic heterocycles. The lowest BCUT2D eigenvalue weighted by Crippen LogP contribution is -2.33. The first-order valence-electron chi connectivity index (χ1n) is 8.38. The minimum absolute atomic E-state index is 0.537. The van der Waals surface area contributed by atoms with E-state index >= 15 is 0 Å². The van der Waals surface area contributed by atoms with Gasteiger partial charge in [-0.25, -0.2) is 4.98 Å². The molecule has 0 amide bonds. The Morgan fingerprint density at radius 1 is 1.36 bits per heavy atom. The molecule has 0 saturated carbocycles. The smallest absolute Gasteiger partial charge is 0.188 e. The van der Waals surface area contributed by atoms with E-state index in [1.165, 1.54) is 41.3 Å². The highest BCUT2D eigenvalue weighted by atomic mass is 32.1. The van der Waals surface area contributed by atoms with Gasteiger partial charge in [-0.15, -0.1) is 11.3 Å². The van der Waals surface area contributed by atoms with Gasteiger partial charge in [-0.1, -0.05) is 0 Å². The van der Waals surface area contributed by atoms with Crippen molar-refractivity contribution >= 4 is 17.3 Å². The summed E-state index contributed by atoms with van der Waals surface area (Å²) in [6.45, 7) is 5.11. The Bertz CT molecular complexity index is 449. The maximum absolute atomic E-state index is 5.83. The molecule has 22 heavy (non-hydrogen) atoms. The third-order valence-electron chi connectivity index (χ3n) is 3.70. The second-order valence-corrected chi connectivity index (χ2v) is 6.70. The number of nitrogens with one attached hydrogen (secondary N) is 1. The summed E-state index contributed by atoms with van der Waals surface area (Å²) in [6, 6.07) is 0. The van der Waals surface area contributed by atoms with Crippen LogP contribution in [0.5, 0.6) is 0 Å². The number of guanidine groups is 1. The number of nitrogens with two attached hydrogens (primary N) is 1. The van der Waals surface area contributed by atoms with Crippen LogP contribution in [0.1, 0.15) is 48.2 Å². The molecular weight excluding hydrogens is 296 g/mol. The van der Waals surface area contributed by atoms with Crippen molar-refractivity contribution in [2.75, 3.05) is 26.3 Å². The molecule has 1 aliphatic rings. The van der Waals surface area contributed by atoms with Gasteiger partial charge < -0.3 is 15.8 Å². The van der Waals surface area contributed by atoms with Gasteiger partial charge in [0.2, 0.25) is 0 Å². The van der Waals surface area contributed by atoms with E-state index in [0.717, 1.165) is 45.6 Å². The molecule has 1 aliphatic carbocycles. The van der Waals surface area contributed by atoms with Gasteiger partial charge in [-0.3, -0.25) is 4.99 Å². The van der Waals surface area contributed by atoms with Crippen LogP contribution in [-0.4, -0.2) is 37.2 Å². The van der Waals surface area contributed by atoms with E-state index < -0.39 is 0 Å². The van der Waals surface area contributed by atoms with E-state index in [1.807, 2.05) is 18.3 Å². The fraction of sp³-hybridized carbons (Fsp3) is 0.750. The van der Waals surface area contributed by atoms with Crippen LogP contribution in [0.2, 0.25) is 0 Å². The molecule has 0 aliphatic heterocycles. The lowest BCUT2D eigenvalue weighted by molar-refractivity contribution is 0.145. The van der Waals surface area contributed by atoms with Crippen molar-refractivity contribution in [2.24, 2.45) is 10.7 Å². The average Bonchev–Trinajstić information content (AvgIpc) is 2.94. The van der Waals surface area contributed by atoms with Crippen LogP contribution >= 0.6 is 11.3 Å². The standard InChI is InChI=1S/C16H28N4OS/c1-2-21-12-6-11-19-16(17)18-10-5-9-15-20-13-7-3-4-8-14(13)22-15/h2-12H2,1H3,(H3,17,18,19). The Balaban J connectivity index is 1.59. The van der Waals surface area contributed by atoms with Crippen molar-refractivity contribution in [2.45, 2.75) is 51.9 Å². The Kier molecular flexibility index (Phi) is 7.66. The molecular formula is C16H28N4OS. The first-order chi connectivity index (χ1) is 10.8. The zero-order valence-electron chi connectivity index (χ0n) is 13.6. The number of ether oxygens (including phenoxy) is 1. The summed E-state index contributed by atoms with van der Waals surface area (Å²) in [5.41, 5.74) is 7.18. The maximum Gasteiger partial charge on any atom is 0.188 e. The summed E-state index contributed by atoms with van der Waals surface area (Å²) >= 11 is 1.90. The fourth-order valence-electron chi connectivity index (χ4n) is 2.53. The van der Waals surface area contributed by atoms with Gasteiger partial charge in [0.1, 0.15) is 0 Å². The van der Waals surface area contributed by atoms with Crippen LogP contribution in [0.15, 0.2) is 4.99 Å². The Morgan fingerprint density at radius 2 is 2.23 bits per heavy atom. The Morgan fingerprint density at radius 3 is 3.05 bits per heavy atom.